The topological polar surface area (TPSA) is 67.2 Å². The van der Waals surface area contributed by atoms with E-state index in [4.69, 9.17) is 0 Å². The SMILES string of the molecule is C[C@@]1(C(=O)NC2CCCC2)Cn2nc(-c3cccs3)cc2C(=O)N1c1cccc(F)c1. The highest BCUT2D eigenvalue weighted by Gasteiger charge is 2.49. The number of hydrogen-bond acceptors (Lipinski definition) is 4. The van der Waals surface area contributed by atoms with Gasteiger partial charge >= 0.3 is 0 Å². The molecule has 0 unspecified atom stereocenters. The van der Waals surface area contributed by atoms with Gasteiger partial charge in [-0.05, 0) is 55.5 Å². The van der Waals surface area contributed by atoms with Crippen LogP contribution < -0.4 is 10.2 Å². The lowest BCUT2D eigenvalue weighted by Gasteiger charge is -2.43. The number of amides is 2. The van der Waals surface area contributed by atoms with Gasteiger partial charge in [-0.2, -0.15) is 5.10 Å². The summed E-state index contributed by atoms with van der Waals surface area (Å²) < 4.78 is 15.7. The van der Waals surface area contributed by atoms with E-state index >= 15 is 0 Å². The summed E-state index contributed by atoms with van der Waals surface area (Å²) in [6.07, 6.45) is 4.04. The van der Waals surface area contributed by atoms with Gasteiger partial charge in [0.1, 0.15) is 22.7 Å². The van der Waals surface area contributed by atoms with Crippen molar-refractivity contribution in [1.82, 2.24) is 15.1 Å². The molecule has 1 aliphatic heterocycles. The van der Waals surface area contributed by atoms with E-state index in [1.165, 1.54) is 28.4 Å². The molecule has 0 saturated heterocycles. The van der Waals surface area contributed by atoms with Crippen LogP contribution >= 0.6 is 11.3 Å². The third-order valence-electron chi connectivity index (χ3n) is 6.17. The van der Waals surface area contributed by atoms with Gasteiger partial charge in [0.15, 0.2) is 0 Å². The molecule has 1 atom stereocenters. The van der Waals surface area contributed by atoms with E-state index in [1.54, 1.807) is 29.8 Å². The van der Waals surface area contributed by atoms with Gasteiger partial charge in [-0.3, -0.25) is 19.2 Å². The number of carbonyl (C=O) groups is 2. The molecule has 160 valence electrons. The van der Waals surface area contributed by atoms with Crippen molar-refractivity contribution in [2.45, 2.75) is 50.7 Å². The number of anilines is 1. The predicted molar refractivity (Wildman–Crippen MR) is 118 cm³/mol. The molecular weight excluding hydrogens is 415 g/mol. The molecule has 3 aromatic rings. The number of nitrogens with zero attached hydrogens (tertiary/aromatic N) is 3. The average Bonchev–Trinajstić information content (AvgIpc) is 3.49. The maximum atomic E-state index is 14.1. The van der Waals surface area contributed by atoms with E-state index in [0.717, 1.165) is 30.6 Å². The normalized spacial score (nSPS) is 21.4. The van der Waals surface area contributed by atoms with Crippen LogP contribution in [0.3, 0.4) is 0 Å². The lowest BCUT2D eigenvalue weighted by Crippen LogP contribution is -2.65. The molecule has 1 aromatic carbocycles. The van der Waals surface area contributed by atoms with Gasteiger partial charge in [0.2, 0.25) is 5.91 Å². The summed E-state index contributed by atoms with van der Waals surface area (Å²) in [7, 11) is 0. The van der Waals surface area contributed by atoms with Crippen molar-refractivity contribution in [3.63, 3.8) is 0 Å². The Labute approximate surface area is 183 Å². The van der Waals surface area contributed by atoms with E-state index < -0.39 is 11.4 Å². The van der Waals surface area contributed by atoms with Gasteiger partial charge in [-0.15, -0.1) is 11.3 Å². The number of hydrogen-bond donors (Lipinski definition) is 1. The van der Waals surface area contributed by atoms with Crippen LogP contribution in [0.25, 0.3) is 10.6 Å². The molecule has 3 heterocycles. The summed E-state index contributed by atoms with van der Waals surface area (Å²) >= 11 is 1.54. The van der Waals surface area contributed by atoms with Gasteiger partial charge < -0.3 is 5.32 Å². The summed E-state index contributed by atoms with van der Waals surface area (Å²) in [4.78, 5) is 29.5. The van der Waals surface area contributed by atoms with Crippen LogP contribution in [0.1, 0.15) is 43.1 Å². The highest BCUT2D eigenvalue weighted by molar-refractivity contribution is 7.13. The van der Waals surface area contributed by atoms with Crippen LogP contribution in [0.2, 0.25) is 0 Å². The quantitative estimate of drug-likeness (QED) is 0.663. The molecule has 2 aromatic heterocycles. The molecule has 1 saturated carbocycles. The van der Waals surface area contributed by atoms with Gasteiger partial charge in [0, 0.05) is 11.7 Å². The predicted octanol–water partition coefficient (Wildman–Crippen LogP) is 4.23. The van der Waals surface area contributed by atoms with Gasteiger partial charge in [0.25, 0.3) is 5.91 Å². The Kier molecular flexibility index (Phi) is 4.89. The van der Waals surface area contributed by atoms with Crippen LogP contribution in [-0.4, -0.2) is 33.2 Å². The monoisotopic (exact) mass is 438 g/mol. The number of nitrogens with one attached hydrogen (secondary N) is 1. The first-order valence-corrected chi connectivity index (χ1v) is 11.4. The van der Waals surface area contributed by atoms with Crippen LogP contribution in [0.4, 0.5) is 10.1 Å². The Morgan fingerprint density at radius 1 is 1.23 bits per heavy atom. The van der Waals surface area contributed by atoms with Crippen molar-refractivity contribution in [2.75, 3.05) is 4.90 Å². The standard InChI is InChI=1S/C23H23FN4O2S/c1-23(22(30)25-16-7-2-3-8-16)14-27-19(13-18(26-27)20-10-5-11-31-20)21(29)28(23)17-9-4-6-15(24)12-17/h4-6,9-13,16H,2-3,7-8,14H2,1H3,(H,25,30)/t23-/m0/s1. The molecule has 0 radical (unpaired) electrons. The average molecular weight is 439 g/mol. The van der Waals surface area contributed by atoms with Crippen molar-refractivity contribution in [1.29, 1.82) is 0 Å². The van der Waals surface area contributed by atoms with Crippen LogP contribution in [0.15, 0.2) is 47.8 Å². The maximum Gasteiger partial charge on any atom is 0.277 e. The molecule has 2 aliphatic rings. The third kappa shape index (κ3) is 3.44. The number of aromatic nitrogens is 2. The lowest BCUT2D eigenvalue weighted by molar-refractivity contribution is -0.127. The summed E-state index contributed by atoms with van der Waals surface area (Å²) in [6, 6.07) is 11.6. The highest BCUT2D eigenvalue weighted by atomic mass is 32.1. The van der Waals surface area contributed by atoms with Crippen molar-refractivity contribution in [2.24, 2.45) is 0 Å². The minimum Gasteiger partial charge on any atom is -0.351 e. The Morgan fingerprint density at radius 3 is 2.74 bits per heavy atom. The van der Waals surface area contributed by atoms with Gasteiger partial charge in [-0.25, -0.2) is 4.39 Å². The minimum absolute atomic E-state index is 0.106. The summed E-state index contributed by atoms with van der Waals surface area (Å²) in [5, 5.41) is 9.70. The largest absolute Gasteiger partial charge is 0.351 e. The van der Waals surface area contributed by atoms with E-state index in [1.807, 2.05) is 17.5 Å². The second-order valence-corrected chi connectivity index (χ2v) is 9.35. The second kappa shape index (κ2) is 7.60. The van der Waals surface area contributed by atoms with E-state index in [0.29, 0.717) is 17.1 Å². The minimum atomic E-state index is -1.24. The Bertz CT molecular complexity index is 1140. The van der Waals surface area contributed by atoms with Crippen LogP contribution in [-0.2, 0) is 11.3 Å². The summed E-state index contributed by atoms with van der Waals surface area (Å²) in [6.45, 7) is 1.92. The molecule has 31 heavy (non-hydrogen) atoms. The van der Waals surface area contributed by atoms with E-state index in [9.17, 15) is 14.0 Å². The fourth-order valence-electron chi connectivity index (χ4n) is 4.56. The number of carbonyl (C=O) groups excluding carboxylic acids is 2. The zero-order valence-corrected chi connectivity index (χ0v) is 18.0. The number of fused-ring (bicyclic) bond motifs is 1. The van der Waals surface area contributed by atoms with Gasteiger partial charge in [-0.1, -0.05) is 25.0 Å². The van der Waals surface area contributed by atoms with Crippen molar-refractivity contribution >= 4 is 28.8 Å². The molecule has 8 heteroatoms. The zero-order chi connectivity index (χ0) is 21.6. The van der Waals surface area contributed by atoms with Crippen molar-refractivity contribution < 1.29 is 14.0 Å². The molecule has 1 fully saturated rings. The summed E-state index contributed by atoms with van der Waals surface area (Å²) in [5.74, 6) is -1.06. The second-order valence-electron chi connectivity index (χ2n) is 8.40. The number of rotatable bonds is 4. The lowest BCUT2D eigenvalue weighted by atomic mass is 9.93. The molecule has 6 nitrogen and oxygen atoms in total. The number of thiophene rings is 1. The number of benzene rings is 1. The Morgan fingerprint density at radius 2 is 2.03 bits per heavy atom. The fraction of sp³-hybridized carbons (Fsp3) is 0.348. The highest BCUT2D eigenvalue weighted by Crippen LogP contribution is 2.35. The first kappa shape index (κ1) is 19.9. The fourth-order valence-corrected chi connectivity index (χ4v) is 5.24. The van der Waals surface area contributed by atoms with Crippen LogP contribution in [0, 0.1) is 5.82 Å². The molecular formula is C23H23FN4O2S. The first-order valence-electron chi connectivity index (χ1n) is 10.5. The Hall–Kier alpha value is -3.00. The Balaban J connectivity index is 1.59. The molecule has 2 amide bonds. The van der Waals surface area contributed by atoms with Gasteiger partial charge in [0.05, 0.1) is 11.4 Å². The smallest absolute Gasteiger partial charge is 0.277 e. The van der Waals surface area contributed by atoms with Crippen LogP contribution in [0.5, 0.6) is 0 Å². The summed E-state index contributed by atoms with van der Waals surface area (Å²) in [5.41, 5.74) is 0.204. The number of halogens is 1. The van der Waals surface area contributed by atoms with Crippen molar-refractivity contribution in [3.05, 3.63) is 59.4 Å². The van der Waals surface area contributed by atoms with Crippen molar-refractivity contribution in [3.8, 4) is 10.6 Å². The molecule has 0 spiro atoms. The third-order valence-corrected chi connectivity index (χ3v) is 7.07. The van der Waals surface area contributed by atoms with E-state index in [2.05, 4.69) is 10.4 Å². The molecule has 1 aliphatic carbocycles. The maximum absolute atomic E-state index is 14.1. The first-order chi connectivity index (χ1) is 15.0. The van der Waals surface area contributed by atoms with E-state index in [-0.39, 0.29) is 24.4 Å². The molecule has 0 bridgehead atoms. The molecule has 5 rings (SSSR count). The molecule has 1 N–H and O–H groups in total. The zero-order valence-electron chi connectivity index (χ0n) is 17.2.